The Bertz CT molecular complexity index is 564. The molecule has 1 N–H and O–H groups in total. The van der Waals surface area contributed by atoms with Gasteiger partial charge in [0, 0.05) is 21.2 Å². The standard InChI is InChI=1S/C14H11Cl2FO/c1-8-5-6-12(17)9(7-8)14(18)13-10(15)3-2-4-11(13)16/h2-7,14,18H,1H3. The normalized spacial score (nSPS) is 12.5. The van der Waals surface area contributed by atoms with Gasteiger partial charge in [-0.1, -0.05) is 47.0 Å². The fourth-order valence-corrected chi connectivity index (χ4v) is 2.40. The number of aryl methyl sites for hydroxylation is 1. The highest BCUT2D eigenvalue weighted by molar-refractivity contribution is 6.36. The van der Waals surface area contributed by atoms with Gasteiger partial charge in [0.05, 0.1) is 0 Å². The molecule has 0 radical (unpaired) electrons. The SMILES string of the molecule is Cc1ccc(F)c(C(O)c2c(Cl)cccc2Cl)c1. The number of hydrogen-bond acceptors (Lipinski definition) is 1. The van der Waals surface area contributed by atoms with Crippen LogP contribution in [0, 0.1) is 12.7 Å². The Morgan fingerprint density at radius 2 is 1.72 bits per heavy atom. The molecule has 0 heterocycles. The van der Waals surface area contributed by atoms with Crippen molar-refractivity contribution in [3.63, 3.8) is 0 Å². The number of hydrogen-bond donors (Lipinski definition) is 1. The van der Waals surface area contributed by atoms with Crippen LogP contribution in [0.15, 0.2) is 36.4 Å². The van der Waals surface area contributed by atoms with E-state index in [1.165, 1.54) is 6.07 Å². The summed E-state index contributed by atoms with van der Waals surface area (Å²) in [5, 5.41) is 10.9. The first kappa shape index (κ1) is 13.3. The first-order valence-electron chi connectivity index (χ1n) is 5.38. The number of halogens is 3. The lowest BCUT2D eigenvalue weighted by atomic mass is 9.99. The lowest BCUT2D eigenvalue weighted by Gasteiger charge is -2.16. The third-order valence-corrected chi connectivity index (χ3v) is 3.38. The van der Waals surface area contributed by atoms with Gasteiger partial charge in [-0.25, -0.2) is 4.39 Å². The Morgan fingerprint density at radius 1 is 1.11 bits per heavy atom. The Morgan fingerprint density at radius 3 is 2.33 bits per heavy atom. The van der Waals surface area contributed by atoms with Crippen molar-refractivity contribution in [1.82, 2.24) is 0 Å². The smallest absolute Gasteiger partial charge is 0.129 e. The van der Waals surface area contributed by atoms with Gasteiger partial charge < -0.3 is 5.11 Å². The van der Waals surface area contributed by atoms with Crippen LogP contribution in [0.4, 0.5) is 4.39 Å². The molecular weight excluding hydrogens is 274 g/mol. The van der Waals surface area contributed by atoms with Crippen LogP contribution >= 0.6 is 23.2 Å². The maximum absolute atomic E-state index is 13.7. The van der Waals surface area contributed by atoms with Gasteiger partial charge in [0.1, 0.15) is 11.9 Å². The monoisotopic (exact) mass is 284 g/mol. The Balaban J connectivity index is 2.54. The number of aliphatic hydroxyl groups is 1. The van der Waals surface area contributed by atoms with E-state index in [2.05, 4.69) is 0 Å². The minimum Gasteiger partial charge on any atom is -0.383 e. The van der Waals surface area contributed by atoms with Crippen molar-refractivity contribution in [3.05, 3.63) is 69.0 Å². The van der Waals surface area contributed by atoms with Crippen LogP contribution in [0.25, 0.3) is 0 Å². The zero-order valence-corrected chi connectivity index (χ0v) is 11.1. The summed E-state index contributed by atoms with van der Waals surface area (Å²) in [7, 11) is 0. The molecule has 94 valence electrons. The molecule has 0 bridgehead atoms. The first-order valence-corrected chi connectivity index (χ1v) is 6.14. The van der Waals surface area contributed by atoms with Crippen LogP contribution in [-0.4, -0.2) is 5.11 Å². The molecule has 0 aliphatic rings. The first-order chi connectivity index (χ1) is 8.50. The fourth-order valence-electron chi connectivity index (χ4n) is 1.80. The number of aliphatic hydroxyl groups excluding tert-OH is 1. The number of rotatable bonds is 2. The van der Waals surface area contributed by atoms with E-state index >= 15 is 0 Å². The van der Waals surface area contributed by atoms with Gasteiger partial charge >= 0.3 is 0 Å². The summed E-state index contributed by atoms with van der Waals surface area (Å²) in [6, 6.07) is 9.44. The predicted molar refractivity (Wildman–Crippen MR) is 71.7 cm³/mol. The van der Waals surface area contributed by atoms with Gasteiger partial charge in [-0.15, -0.1) is 0 Å². The Hall–Kier alpha value is -1.09. The van der Waals surface area contributed by atoms with Crippen molar-refractivity contribution in [2.75, 3.05) is 0 Å². The van der Waals surface area contributed by atoms with Gasteiger partial charge in [0.15, 0.2) is 0 Å². The molecule has 0 saturated heterocycles. The average Bonchev–Trinajstić information content (AvgIpc) is 2.32. The van der Waals surface area contributed by atoms with Crippen molar-refractivity contribution in [2.45, 2.75) is 13.0 Å². The highest BCUT2D eigenvalue weighted by Gasteiger charge is 2.20. The van der Waals surface area contributed by atoms with Crippen molar-refractivity contribution in [2.24, 2.45) is 0 Å². The van der Waals surface area contributed by atoms with Gasteiger partial charge in [-0.05, 0) is 25.1 Å². The average molecular weight is 285 g/mol. The van der Waals surface area contributed by atoms with Crippen molar-refractivity contribution in [3.8, 4) is 0 Å². The van der Waals surface area contributed by atoms with Gasteiger partial charge in [0.2, 0.25) is 0 Å². The Labute approximate surface area is 115 Å². The van der Waals surface area contributed by atoms with E-state index in [9.17, 15) is 9.50 Å². The summed E-state index contributed by atoms with van der Waals surface area (Å²) < 4.78 is 13.7. The summed E-state index contributed by atoms with van der Waals surface area (Å²) in [4.78, 5) is 0. The van der Waals surface area contributed by atoms with E-state index in [1.807, 2.05) is 6.92 Å². The maximum Gasteiger partial charge on any atom is 0.129 e. The van der Waals surface area contributed by atoms with E-state index < -0.39 is 11.9 Å². The highest BCUT2D eigenvalue weighted by Crippen LogP contribution is 2.35. The molecular formula is C14H11Cl2FO. The van der Waals surface area contributed by atoms with Crippen molar-refractivity contribution >= 4 is 23.2 Å². The molecule has 0 fully saturated rings. The molecule has 2 rings (SSSR count). The zero-order valence-electron chi connectivity index (χ0n) is 9.62. The van der Waals surface area contributed by atoms with Gasteiger partial charge in [-0.3, -0.25) is 0 Å². The van der Waals surface area contributed by atoms with E-state index in [0.29, 0.717) is 15.6 Å². The molecule has 1 nitrogen and oxygen atoms in total. The third kappa shape index (κ3) is 2.51. The summed E-state index contributed by atoms with van der Waals surface area (Å²) in [6.45, 7) is 1.82. The second-order valence-electron chi connectivity index (χ2n) is 4.06. The minimum atomic E-state index is -1.17. The van der Waals surface area contributed by atoms with Crippen molar-refractivity contribution < 1.29 is 9.50 Å². The molecule has 1 unspecified atom stereocenters. The van der Waals surface area contributed by atoms with Crippen LogP contribution in [0.2, 0.25) is 10.0 Å². The molecule has 0 aliphatic carbocycles. The molecule has 4 heteroatoms. The lowest BCUT2D eigenvalue weighted by Crippen LogP contribution is -2.04. The van der Waals surface area contributed by atoms with E-state index in [4.69, 9.17) is 23.2 Å². The van der Waals surface area contributed by atoms with E-state index in [-0.39, 0.29) is 5.56 Å². The molecule has 0 saturated carbocycles. The molecule has 2 aromatic carbocycles. The largest absolute Gasteiger partial charge is 0.383 e. The summed E-state index contributed by atoms with van der Waals surface area (Å²) in [5.41, 5.74) is 1.35. The molecule has 2 aromatic rings. The van der Waals surface area contributed by atoms with Crippen LogP contribution < -0.4 is 0 Å². The lowest BCUT2D eigenvalue weighted by molar-refractivity contribution is 0.215. The molecule has 0 amide bonds. The Kier molecular flexibility index (Phi) is 3.91. The number of benzene rings is 2. The van der Waals surface area contributed by atoms with E-state index in [0.717, 1.165) is 5.56 Å². The van der Waals surface area contributed by atoms with Gasteiger partial charge in [0.25, 0.3) is 0 Å². The second kappa shape index (κ2) is 5.27. The third-order valence-electron chi connectivity index (χ3n) is 2.72. The molecule has 0 aromatic heterocycles. The van der Waals surface area contributed by atoms with Crippen LogP contribution in [0.5, 0.6) is 0 Å². The molecule has 18 heavy (non-hydrogen) atoms. The quantitative estimate of drug-likeness (QED) is 0.860. The predicted octanol–water partition coefficient (Wildman–Crippen LogP) is 4.52. The topological polar surface area (TPSA) is 20.2 Å². The maximum atomic E-state index is 13.7. The molecule has 0 spiro atoms. The highest BCUT2D eigenvalue weighted by atomic mass is 35.5. The van der Waals surface area contributed by atoms with Crippen molar-refractivity contribution in [1.29, 1.82) is 0 Å². The van der Waals surface area contributed by atoms with E-state index in [1.54, 1.807) is 30.3 Å². The fraction of sp³-hybridized carbons (Fsp3) is 0.143. The molecule has 1 atom stereocenters. The second-order valence-corrected chi connectivity index (χ2v) is 4.88. The van der Waals surface area contributed by atoms with Crippen LogP contribution in [-0.2, 0) is 0 Å². The van der Waals surface area contributed by atoms with Gasteiger partial charge in [-0.2, -0.15) is 0 Å². The summed E-state index contributed by atoms with van der Waals surface area (Å²) in [5.74, 6) is -0.482. The summed E-state index contributed by atoms with van der Waals surface area (Å²) >= 11 is 12.0. The van der Waals surface area contributed by atoms with Crippen LogP contribution in [0.1, 0.15) is 22.8 Å². The van der Waals surface area contributed by atoms with Crippen LogP contribution in [0.3, 0.4) is 0 Å². The minimum absolute atomic E-state index is 0.171. The zero-order chi connectivity index (χ0) is 13.3. The molecule has 0 aliphatic heterocycles. The summed E-state index contributed by atoms with van der Waals surface area (Å²) in [6.07, 6.45) is -1.17.